The molecule has 3 atom stereocenters. The maximum absolute atomic E-state index is 12.0. The maximum atomic E-state index is 12.0. The normalized spacial score (nSPS) is 27.3. The Labute approximate surface area is 112 Å². The van der Waals surface area contributed by atoms with Crippen molar-refractivity contribution in [2.24, 2.45) is 0 Å². The molecule has 0 aliphatic heterocycles. The van der Waals surface area contributed by atoms with E-state index in [0.29, 0.717) is 6.61 Å². The Hall–Kier alpha value is -0.330. The van der Waals surface area contributed by atoms with Crippen LogP contribution in [-0.2, 0) is 9.47 Å². The van der Waals surface area contributed by atoms with Crippen LogP contribution >= 0.6 is 0 Å². The molecule has 0 radical (unpaired) electrons. The van der Waals surface area contributed by atoms with Crippen molar-refractivity contribution in [1.29, 1.82) is 0 Å². The van der Waals surface area contributed by atoms with Gasteiger partial charge in [-0.05, 0) is 32.7 Å². The van der Waals surface area contributed by atoms with Gasteiger partial charge in [0.1, 0.15) is 0 Å². The Morgan fingerprint density at radius 1 is 1.21 bits per heavy atom. The van der Waals surface area contributed by atoms with Crippen molar-refractivity contribution in [2.75, 3.05) is 19.8 Å². The van der Waals surface area contributed by atoms with Gasteiger partial charge in [-0.15, -0.1) is 0 Å². The number of hydrogen-bond acceptors (Lipinski definition) is 3. The molecule has 1 N–H and O–H groups in total. The second-order valence-electron chi connectivity index (χ2n) is 4.84. The zero-order chi connectivity index (χ0) is 14.3. The van der Waals surface area contributed by atoms with Crippen molar-refractivity contribution in [1.82, 2.24) is 5.32 Å². The van der Waals surface area contributed by atoms with Gasteiger partial charge >= 0.3 is 6.18 Å². The smallest absolute Gasteiger partial charge is 0.375 e. The standard InChI is InChI=1S/C13H24F3NO2/c1-3-7-17-10-9-11(12(10)18-4-2)19-8-5-6-13(14,15)16/h10-12,17H,3-9H2,1-2H3. The lowest BCUT2D eigenvalue weighted by Crippen LogP contribution is -2.60. The highest BCUT2D eigenvalue weighted by Crippen LogP contribution is 2.28. The van der Waals surface area contributed by atoms with Gasteiger partial charge in [-0.25, -0.2) is 0 Å². The van der Waals surface area contributed by atoms with Gasteiger partial charge < -0.3 is 14.8 Å². The third kappa shape index (κ3) is 6.10. The Bertz CT molecular complexity index is 249. The van der Waals surface area contributed by atoms with Crippen LogP contribution in [0.2, 0.25) is 0 Å². The summed E-state index contributed by atoms with van der Waals surface area (Å²) < 4.78 is 47.0. The zero-order valence-electron chi connectivity index (χ0n) is 11.6. The lowest BCUT2D eigenvalue weighted by atomic mass is 9.85. The Balaban J connectivity index is 2.19. The molecule has 3 nitrogen and oxygen atoms in total. The highest BCUT2D eigenvalue weighted by Gasteiger charge is 2.42. The van der Waals surface area contributed by atoms with E-state index in [0.717, 1.165) is 19.4 Å². The molecule has 0 amide bonds. The fourth-order valence-corrected chi connectivity index (χ4v) is 2.20. The minimum atomic E-state index is -4.09. The fraction of sp³-hybridized carbons (Fsp3) is 1.00. The molecule has 1 fully saturated rings. The van der Waals surface area contributed by atoms with Crippen LogP contribution in [0.25, 0.3) is 0 Å². The van der Waals surface area contributed by atoms with Gasteiger partial charge in [0.2, 0.25) is 0 Å². The van der Waals surface area contributed by atoms with Crippen LogP contribution in [0.15, 0.2) is 0 Å². The molecule has 0 spiro atoms. The molecular weight excluding hydrogens is 259 g/mol. The summed E-state index contributed by atoms with van der Waals surface area (Å²) in [5, 5.41) is 3.36. The number of hydrogen-bond donors (Lipinski definition) is 1. The van der Waals surface area contributed by atoms with Crippen LogP contribution in [0.4, 0.5) is 13.2 Å². The molecule has 0 bridgehead atoms. The summed E-state index contributed by atoms with van der Waals surface area (Å²) in [5.74, 6) is 0. The monoisotopic (exact) mass is 283 g/mol. The van der Waals surface area contributed by atoms with E-state index >= 15 is 0 Å². The van der Waals surface area contributed by atoms with Gasteiger partial charge in [-0.3, -0.25) is 0 Å². The van der Waals surface area contributed by atoms with E-state index in [1.165, 1.54) is 0 Å². The predicted octanol–water partition coefficient (Wildman–Crippen LogP) is 2.89. The molecule has 0 heterocycles. The topological polar surface area (TPSA) is 30.5 Å². The highest BCUT2D eigenvalue weighted by atomic mass is 19.4. The zero-order valence-corrected chi connectivity index (χ0v) is 11.6. The van der Waals surface area contributed by atoms with E-state index in [-0.39, 0.29) is 31.3 Å². The third-order valence-corrected chi connectivity index (χ3v) is 3.20. The van der Waals surface area contributed by atoms with Crippen molar-refractivity contribution < 1.29 is 22.6 Å². The number of rotatable bonds is 9. The van der Waals surface area contributed by atoms with Gasteiger partial charge in [0.05, 0.1) is 12.2 Å². The molecule has 114 valence electrons. The molecule has 19 heavy (non-hydrogen) atoms. The van der Waals surface area contributed by atoms with Gasteiger partial charge in [0.25, 0.3) is 0 Å². The first-order chi connectivity index (χ1) is 8.98. The summed E-state index contributed by atoms with van der Waals surface area (Å²) in [4.78, 5) is 0. The molecule has 0 aromatic carbocycles. The summed E-state index contributed by atoms with van der Waals surface area (Å²) in [7, 11) is 0. The average Bonchev–Trinajstić information content (AvgIpc) is 2.32. The summed E-state index contributed by atoms with van der Waals surface area (Å²) in [6.45, 7) is 5.67. The predicted molar refractivity (Wildman–Crippen MR) is 67.1 cm³/mol. The van der Waals surface area contributed by atoms with Gasteiger partial charge in [-0.1, -0.05) is 6.92 Å². The summed E-state index contributed by atoms with van der Waals surface area (Å²) in [6, 6.07) is 0.271. The van der Waals surface area contributed by atoms with E-state index in [4.69, 9.17) is 9.47 Å². The third-order valence-electron chi connectivity index (χ3n) is 3.20. The molecule has 6 heteroatoms. The maximum Gasteiger partial charge on any atom is 0.389 e. The average molecular weight is 283 g/mol. The number of nitrogens with one attached hydrogen (secondary N) is 1. The molecule has 1 aliphatic rings. The summed E-state index contributed by atoms with van der Waals surface area (Å²) >= 11 is 0. The molecule has 0 aromatic rings. The van der Waals surface area contributed by atoms with Crippen LogP contribution in [-0.4, -0.2) is 44.2 Å². The first-order valence-corrected chi connectivity index (χ1v) is 7.01. The molecule has 1 aliphatic carbocycles. The summed E-state index contributed by atoms with van der Waals surface area (Å²) in [6.07, 6.45) is -3.08. The van der Waals surface area contributed by atoms with Crippen molar-refractivity contribution >= 4 is 0 Å². The van der Waals surface area contributed by atoms with Gasteiger partial charge in [-0.2, -0.15) is 13.2 Å². The van der Waals surface area contributed by atoms with E-state index in [1.807, 2.05) is 6.92 Å². The molecule has 3 unspecified atom stereocenters. The summed E-state index contributed by atoms with van der Waals surface area (Å²) in [5.41, 5.74) is 0. The Morgan fingerprint density at radius 3 is 2.53 bits per heavy atom. The van der Waals surface area contributed by atoms with Crippen molar-refractivity contribution in [3.63, 3.8) is 0 Å². The lowest BCUT2D eigenvalue weighted by molar-refractivity contribution is -0.158. The minimum Gasteiger partial charge on any atom is -0.375 e. The molecule has 1 rings (SSSR count). The van der Waals surface area contributed by atoms with Gasteiger partial charge in [0.15, 0.2) is 0 Å². The molecule has 1 saturated carbocycles. The highest BCUT2D eigenvalue weighted by molar-refractivity contribution is 4.97. The SMILES string of the molecule is CCCNC1CC(OCCCC(F)(F)F)C1OCC. The van der Waals surface area contributed by atoms with E-state index in [2.05, 4.69) is 12.2 Å². The minimum absolute atomic E-state index is 0.0197. The van der Waals surface area contributed by atoms with Gasteiger partial charge in [0, 0.05) is 25.7 Å². The Morgan fingerprint density at radius 2 is 1.95 bits per heavy atom. The first kappa shape index (κ1) is 16.7. The van der Waals surface area contributed by atoms with Crippen molar-refractivity contribution in [3.8, 4) is 0 Å². The van der Waals surface area contributed by atoms with E-state index < -0.39 is 12.6 Å². The number of alkyl halides is 3. The second-order valence-corrected chi connectivity index (χ2v) is 4.84. The van der Waals surface area contributed by atoms with Crippen molar-refractivity contribution in [3.05, 3.63) is 0 Å². The molecule has 0 aromatic heterocycles. The van der Waals surface area contributed by atoms with Crippen LogP contribution < -0.4 is 5.32 Å². The molecular formula is C13H24F3NO2. The number of ether oxygens (including phenoxy) is 2. The van der Waals surface area contributed by atoms with Crippen LogP contribution in [0.5, 0.6) is 0 Å². The Kier molecular flexibility index (Phi) is 7.10. The second kappa shape index (κ2) is 8.07. The van der Waals surface area contributed by atoms with Crippen LogP contribution in [0.3, 0.4) is 0 Å². The van der Waals surface area contributed by atoms with Crippen molar-refractivity contribution in [2.45, 2.75) is 64.0 Å². The van der Waals surface area contributed by atoms with E-state index in [9.17, 15) is 13.2 Å². The fourth-order valence-electron chi connectivity index (χ4n) is 2.20. The lowest BCUT2D eigenvalue weighted by Gasteiger charge is -2.44. The number of halogens is 3. The quantitative estimate of drug-likeness (QED) is 0.660. The van der Waals surface area contributed by atoms with E-state index in [1.54, 1.807) is 0 Å². The molecule has 0 saturated heterocycles. The first-order valence-electron chi connectivity index (χ1n) is 7.01. The largest absolute Gasteiger partial charge is 0.389 e. The van der Waals surface area contributed by atoms with Crippen LogP contribution in [0, 0.1) is 0 Å². The van der Waals surface area contributed by atoms with Crippen LogP contribution in [0.1, 0.15) is 39.5 Å².